The molecule has 0 spiro atoms. The molecule has 0 saturated carbocycles. The Morgan fingerprint density at radius 1 is 1.38 bits per heavy atom. The number of nitrogens with one attached hydrogen (secondary N) is 1. The van der Waals surface area contributed by atoms with E-state index in [9.17, 15) is 5.11 Å². The van der Waals surface area contributed by atoms with Gasteiger partial charge in [-0.2, -0.15) is 0 Å². The molecule has 3 aromatic rings. The molecule has 0 bridgehead atoms. The quantitative estimate of drug-likeness (QED) is 0.592. The van der Waals surface area contributed by atoms with Gasteiger partial charge >= 0.3 is 0 Å². The number of thiazole rings is 1. The molecule has 1 fully saturated rings. The molecule has 4 N–H and O–H groups in total. The molecule has 0 unspecified atom stereocenters. The Morgan fingerprint density at radius 3 is 3.12 bits per heavy atom. The number of hydrogen-bond donors (Lipinski definition) is 3. The van der Waals surface area contributed by atoms with Crippen molar-refractivity contribution >= 4 is 39.9 Å². The van der Waals surface area contributed by atoms with E-state index in [0.29, 0.717) is 12.4 Å². The summed E-state index contributed by atoms with van der Waals surface area (Å²) < 4.78 is 1.06. The van der Waals surface area contributed by atoms with Gasteiger partial charge in [-0.05, 0) is 0 Å². The largest absolute Gasteiger partial charge is 0.391 e. The maximum Gasteiger partial charge on any atom is 0.151 e. The molecule has 2 atom stereocenters. The normalized spacial score (nSPS) is 21.7. The predicted molar refractivity (Wildman–Crippen MR) is 95.9 cm³/mol. The molecule has 7 nitrogen and oxygen atoms in total. The maximum absolute atomic E-state index is 10.3. The summed E-state index contributed by atoms with van der Waals surface area (Å²) in [7, 11) is 0. The minimum atomic E-state index is -0.303. The van der Waals surface area contributed by atoms with Crippen LogP contribution >= 0.6 is 23.1 Å². The van der Waals surface area contributed by atoms with Crippen LogP contribution in [0.25, 0.3) is 11.0 Å². The first kappa shape index (κ1) is 15.8. The lowest BCUT2D eigenvalue weighted by Crippen LogP contribution is -2.21. The van der Waals surface area contributed by atoms with Crippen LogP contribution in [0, 0.1) is 5.92 Å². The molecule has 3 aromatic heterocycles. The molecule has 126 valence electrons. The van der Waals surface area contributed by atoms with Gasteiger partial charge in [0, 0.05) is 54.6 Å². The van der Waals surface area contributed by atoms with Crippen LogP contribution in [-0.2, 0) is 6.54 Å². The monoisotopic (exact) mass is 362 g/mol. The first-order valence-electron chi connectivity index (χ1n) is 7.70. The molecule has 4 heterocycles. The average Bonchev–Trinajstić information content (AvgIpc) is 3.28. The lowest BCUT2D eigenvalue weighted by Gasteiger charge is -2.14. The number of thioether (sulfide) groups is 1. The highest BCUT2D eigenvalue weighted by atomic mass is 32.2. The number of nitrogens with zero attached hydrogens (tertiary/aromatic N) is 4. The molecule has 1 aliphatic rings. The lowest BCUT2D eigenvalue weighted by molar-refractivity contribution is 0.149. The number of rotatable bonds is 5. The summed E-state index contributed by atoms with van der Waals surface area (Å²) in [5, 5.41) is 12.3. The molecule has 1 aliphatic heterocycles. The van der Waals surface area contributed by atoms with Crippen molar-refractivity contribution in [1.29, 1.82) is 0 Å². The van der Waals surface area contributed by atoms with E-state index in [0.717, 1.165) is 39.8 Å². The van der Waals surface area contributed by atoms with Gasteiger partial charge in [0.25, 0.3) is 0 Å². The smallest absolute Gasteiger partial charge is 0.151 e. The zero-order valence-electron chi connectivity index (χ0n) is 12.9. The number of nitrogen functional groups attached to an aromatic ring is 1. The summed E-state index contributed by atoms with van der Waals surface area (Å²) in [6.45, 7) is 2.29. The number of aromatic nitrogens is 4. The topological polar surface area (TPSA) is 104 Å². The van der Waals surface area contributed by atoms with Crippen molar-refractivity contribution in [3.63, 3.8) is 0 Å². The number of β-amino-alcohol motifs (C(OH)–C–C–N with tert-alkyl or cyclic N) is 1. The van der Waals surface area contributed by atoms with E-state index in [1.807, 2.05) is 17.8 Å². The third-order valence-corrected chi connectivity index (χ3v) is 6.43. The highest BCUT2D eigenvalue weighted by Gasteiger charge is 2.31. The van der Waals surface area contributed by atoms with Gasteiger partial charge < -0.3 is 15.8 Å². The molecule has 9 heteroatoms. The molecule has 0 aromatic carbocycles. The van der Waals surface area contributed by atoms with Crippen LogP contribution in [0.15, 0.2) is 28.4 Å². The number of anilines is 1. The Balaban J connectivity index is 1.41. The van der Waals surface area contributed by atoms with Crippen molar-refractivity contribution in [3.05, 3.63) is 29.7 Å². The summed E-state index contributed by atoms with van der Waals surface area (Å²) in [5.74, 6) is 1.60. The van der Waals surface area contributed by atoms with E-state index in [4.69, 9.17) is 5.73 Å². The van der Waals surface area contributed by atoms with E-state index < -0.39 is 0 Å². The van der Waals surface area contributed by atoms with Crippen LogP contribution < -0.4 is 5.73 Å². The van der Waals surface area contributed by atoms with Crippen molar-refractivity contribution in [2.75, 3.05) is 24.6 Å². The van der Waals surface area contributed by atoms with Gasteiger partial charge in [0.05, 0.1) is 11.6 Å². The fraction of sp³-hybridized carbons (Fsp3) is 0.400. The van der Waals surface area contributed by atoms with Crippen molar-refractivity contribution < 1.29 is 5.11 Å². The number of aliphatic hydroxyl groups is 1. The number of nitrogens with two attached hydrogens (primary N) is 1. The van der Waals surface area contributed by atoms with Crippen LogP contribution in [-0.4, -0.2) is 54.9 Å². The van der Waals surface area contributed by atoms with Crippen molar-refractivity contribution in [2.45, 2.75) is 17.0 Å². The Bertz CT molecular complexity index is 821. The molecular weight excluding hydrogens is 344 g/mol. The van der Waals surface area contributed by atoms with Gasteiger partial charge in [0.2, 0.25) is 0 Å². The fourth-order valence-electron chi connectivity index (χ4n) is 3.07. The van der Waals surface area contributed by atoms with Gasteiger partial charge in [-0.15, -0.1) is 11.3 Å². The van der Waals surface area contributed by atoms with E-state index in [-0.39, 0.29) is 12.0 Å². The summed E-state index contributed by atoms with van der Waals surface area (Å²) in [6.07, 6.45) is 4.93. The fourth-order valence-corrected chi connectivity index (χ4v) is 4.89. The van der Waals surface area contributed by atoms with Crippen LogP contribution in [0.4, 0.5) is 5.82 Å². The minimum Gasteiger partial charge on any atom is -0.391 e. The van der Waals surface area contributed by atoms with Gasteiger partial charge in [0.1, 0.15) is 16.2 Å². The number of likely N-dealkylation sites (tertiary alicyclic amines) is 1. The number of H-pyrrole nitrogens is 1. The zero-order chi connectivity index (χ0) is 16.5. The number of aliphatic hydroxyl groups excluding tert-OH is 1. The third kappa shape index (κ3) is 3.12. The lowest BCUT2D eigenvalue weighted by atomic mass is 10.1. The molecule has 24 heavy (non-hydrogen) atoms. The summed E-state index contributed by atoms with van der Waals surface area (Å²) >= 11 is 3.36. The second-order valence-electron chi connectivity index (χ2n) is 5.93. The van der Waals surface area contributed by atoms with Crippen molar-refractivity contribution in [3.8, 4) is 0 Å². The highest BCUT2D eigenvalue weighted by Crippen LogP contribution is 2.29. The maximum atomic E-state index is 10.3. The van der Waals surface area contributed by atoms with Crippen LogP contribution in [0.5, 0.6) is 0 Å². The van der Waals surface area contributed by atoms with Crippen molar-refractivity contribution in [2.24, 2.45) is 5.92 Å². The first-order chi connectivity index (χ1) is 11.7. The van der Waals surface area contributed by atoms with Crippen molar-refractivity contribution in [1.82, 2.24) is 24.8 Å². The van der Waals surface area contributed by atoms with Gasteiger partial charge in [-0.25, -0.2) is 15.0 Å². The zero-order valence-corrected chi connectivity index (χ0v) is 14.6. The SMILES string of the molecule is Nc1ncnc2c(CN3C[C@H](CSc4nccs4)[C@@H](O)C3)c[nH]c12. The predicted octanol–water partition coefficient (Wildman–Crippen LogP) is 1.58. The van der Waals surface area contributed by atoms with Gasteiger partial charge in [0.15, 0.2) is 5.82 Å². The highest BCUT2D eigenvalue weighted by molar-refractivity contribution is 8.01. The Hall–Kier alpha value is -1.68. The molecule has 0 radical (unpaired) electrons. The van der Waals surface area contributed by atoms with E-state index in [1.54, 1.807) is 23.1 Å². The van der Waals surface area contributed by atoms with E-state index >= 15 is 0 Å². The number of aromatic amines is 1. The second-order valence-corrected chi connectivity index (χ2v) is 8.09. The summed E-state index contributed by atoms with van der Waals surface area (Å²) in [5.41, 5.74) is 8.59. The standard InChI is InChI=1S/C15H18N6OS2/c16-14-13-12(19-8-20-14)9(3-18-13)4-21-5-10(11(22)6-21)7-24-15-17-1-2-23-15/h1-3,8,10-11,18,22H,4-7H2,(H2,16,19,20)/t10-,11+/m1/s1. The van der Waals surface area contributed by atoms with Gasteiger partial charge in [-0.3, -0.25) is 4.90 Å². The average molecular weight is 362 g/mol. The minimum absolute atomic E-state index is 0.254. The molecule has 1 saturated heterocycles. The van der Waals surface area contributed by atoms with Gasteiger partial charge in [-0.1, -0.05) is 11.8 Å². The second kappa shape index (κ2) is 6.67. The van der Waals surface area contributed by atoms with Crippen LogP contribution in [0.1, 0.15) is 5.56 Å². The molecule has 0 amide bonds. The molecular formula is C15H18N6OS2. The van der Waals surface area contributed by atoms with Crippen LogP contribution in [0.3, 0.4) is 0 Å². The van der Waals surface area contributed by atoms with E-state index in [1.165, 1.54) is 6.33 Å². The van der Waals surface area contributed by atoms with E-state index in [2.05, 4.69) is 24.8 Å². The number of hydrogen-bond acceptors (Lipinski definition) is 8. The molecule has 0 aliphatic carbocycles. The third-order valence-electron chi connectivity index (χ3n) is 4.28. The number of fused-ring (bicyclic) bond motifs is 1. The Labute approximate surface area is 147 Å². The van der Waals surface area contributed by atoms with Crippen LogP contribution in [0.2, 0.25) is 0 Å². The summed E-state index contributed by atoms with van der Waals surface area (Å²) in [6, 6.07) is 0. The molecule has 4 rings (SSSR count). The first-order valence-corrected chi connectivity index (χ1v) is 9.56. The Kier molecular flexibility index (Phi) is 4.40. The summed E-state index contributed by atoms with van der Waals surface area (Å²) in [4.78, 5) is 18.0. The Morgan fingerprint density at radius 2 is 2.29 bits per heavy atom.